The van der Waals surface area contributed by atoms with E-state index in [1.807, 2.05) is 78.3 Å². The molecule has 0 aliphatic heterocycles. The molecule has 0 fully saturated rings. The number of aromatic hydroxyl groups is 1. The van der Waals surface area contributed by atoms with Gasteiger partial charge in [-0.25, -0.2) is 4.68 Å². The molecule has 0 aliphatic rings. The third kappa shape index (κ3) is 3.06. The van der Waals surface area contributed by atoms with E-state index in [1.165, 1.54) is 0 Å². The van der Waals surface area contributed by atoms with E-state index in [0.29, 0.717) is 11.3 Å². The van der Waals surface area contributed by atoms with Gasteiger partial charge in [-0.3, -0.25) is 0 Å². The molecular formula is C23H20N2O2. The molecule has 0 saturated carbocycles. The van der Waals surface area contributed by atoms with Crippen LogP contribution >= 0.6 is 0 Å². The molecular weight excluding hydrogens is 336 g/mol. The van der Waals surface area contributed by atoms with Gasteiger partial charge >= 0.3 is 0 Å². The van der Waals surface area contributed by atoms with Crippen LogP contribution < -0.4 is 4.74 Å². The number of aromatic nitrogens is 2. The van der Waals surface area contributed by atoms with Crippen molar-refractivity contribution in [2.24, 2.45) is 0 Å². The van der Waals surface area contributed by atoms with Crippen LogP contribution in [0.2, 0.25) is 0 Å². The smallest absolute Gasteiger partial charge is 0.147 e. The van der Waals surface area contributed by atoms with Crippen LogP contribution in [0.1, 0.15) is 5.56 Å². The number of hydrogen-bond acceptors (Lipinski definition) is 3. The fourth-order valence-corrected chi connectivity index (χ4v) is 3.27. The Hall–Kier alpha value is -3.53. The maximum absolute atomic E-state index is 10.3. The molecule has 0 spiro atoms. The lowest BCUT2D eigenvalue weighted by molar-refractivity contribution is 0.409. The van der Waals surface area contributed by atoms with Crippen LogP contribution in [0.4, 0.5) is 0 Å². The summed E-state index contributed by atoms with van der Waals surface area (Å²) in [5.74, 6) is 0.986. The van der Waals surface area contributed by atoms with Crippen molar-refractivity contribution in [1.29, 1.82) is 0 Å². The highest BCUT2D eigenvalue weighted by Crippen LogP contribution is 2.35. The van der Waals surface area contributed by atoms with Gasteiger partial charge in [0.2, 0.25) is 0 Å². The van der Waals surface area contributed by atoms with Gasteiger partial charge < -0.3 is 9.84 Å². The molecule has 4 nitrogen and oxygen atoms in total. The summed E-state index contributed by atoms with van der Waals surface area (Å²) in [5.41, 5.74) is 5.26. The molecule has 3 aromatic carbocycles. The van der Waals surface area contributed by atoms with E-state index in [4.69, 9.17) is 9.84 Å². The zero-order valence-electron chi connectivity index (χ0n) is 15.3. The zero-order valence-corrected chi connectivity index (χ0v) is 15.3. The van der Waals surface area contributed by atoms with E-state index >= 15 is 0 Å². The normalized spacial score (nSPS) is 10.7. The van der Waals surface area contributed by atoms with Crippen LogP contribution in [0.3, 0.4) is 0 Å². The second-order valence-electron chi connectivity index (χ2n) is 6.34. The lowest BCUT2D eigenvalue weighted by atomic mass is 10.1. The molecule has 4 rings (SSSR count). The fraction of sp³-hybridized carbons (Fsp3) is 0.0870. The van der Waals surface area contributed by atoms with Crippen molar-refractivity contribution in [1.82, 2.24) is 9.78 Å². The molecule has 0 unspecified atom stereocenters. The summed E-state index contributed by atoms with van der Waals surface area (Å²) in [4.78, 5) is 0. The maximum Gasteiger partial charge on any atom is 0.147 e. The lowest BCUT2D eigenvalue weighted by Gasteiger charge is -2.13. The Morgan fingerprint density at radius 2 is 1.63 bits per heavy atom. The number of methoxy groups -OCH3 is 1. The number of rotatable bonds is 4. The van der Waals surface area contributed by atoms with E-state index in [0.717, 1.165) is 28.3 Å². The minimum Gasteiger partial charge on any atom is -0.507 e. The van der Waals surface area contributed by atoms with Crippen molar-refractivity contribution in [3.63, 3.8) is 0 Å². The van der Waals surface area contributed by atoms with Crippen molar-refractivity contribution in [2.45, 2.75) is 6.92 Å². The van der Waals surface area contributed by atoms with E-state index < -0.39 is 0 Å². The molecule has 4 heteroatoms. The number of para-hydroxylation sites is 2. The van der Waals surface area contributed by atoms with Crippen LogP contribution in [0.25, 0.3) is 28.2 Å². The SMILES string of the molecule is COc1c(C)cccc1-n1nc(-c2ccccc2O)cc1-c1ccccc1. The molecule has 27 heavy (non-hydrogen) atoms. The van der Waals surface area contributed by atoms with Gasteiger partial charge in [0, 0.05) is 11.1 Å². The van der Waals surface area contributed by atoms with E-state index in [1.54, 1.807) is 19.2 Å². The first kappa shape index (κ1) is 16.9. The predicted octanol–water partition coefficient (Wildman–Crippen LogP) is 5.23. The van der Waals surface area contributed by atoms with Crippen molar-refractivity contribution >= 4 is 0 Å². The number of phenols is 1. The minimum absolute atomic E-state index is 0.206. The number of nitrogens with zero attached hydrogens (tertiary/aromatic N) is 2. The monoisotopic (exact) mass is 356 g/mol. The standard InChI is InChI=1S/C23H20N2O2/c1-16-9-8-13-20(23(16)27-2)25-21(17-10-4-3-5-11-17)15-19(24-25)18-12-6-7-14-22(18)26/h3-15,26H,1-2H3. The maximum atomic E-state index is 10.3. The van der Waals surface area contributed by atoms with Crippen molar-refractivity contribution < 1.29 is 9.84 Å². The Labute approximate surface area is 158 Å². The van der Waals surface area contributed by atoms with Gasteiger partial charge in [0.15, 0.2) is 0 Å². The zero-order chi connectivity index (χ0) is 18.8. The van der Waals surface area contributed by atoms with Crippen molar-refractivity contribution in [3.05, 3.63) is 84.4 Å². The quantitative estimate of drug-likeness (QED) is 0.545. The summed E-state index contributed by atoms with van der Waals surface area (Å²) in [6.07, 6.45) is 0. The molecule has 0 atom stereocenters. The summed E-state index contributed by atoms with van der Waals surface area (Å²) in [6, 6.07) is 25.3. The van der Waals surface area contributed by atoms with Gasteiger partial charge in [-0.15, -0.1) is 0 Å². The molecule has 4 aromatic rings. The Morgan fingerprint density at radius 3 is 2.37 bits per heavy atom. The van der Waals surface area contributed by atoms with Gasteiger partial charge in [0.25, 0.3) is 0 Å². The molecule has 0 aliphatic carbocycles. The average Bonchev–Trinajstić information content (AvgIpc) is 3.14. The Morgan fingerprint density at radius 1 is 0.889 bits per heavy atom. The second kappa shape index (κ2) is 7.00. The summed E-state index contributed by atoms with van der Waals surface area (Å²) < 4.78 is 7.53. The summed E-state index contributed by atoms with van der Waals surface area (Å²) in [5, 5.41) is 15.1. The average molecular weight is 356 g/mol. The molecule has 0 saturated heterocycles. The van der Waals surface area contributed by atoms with E-state index in [9.17, 15) is 5.11 Å². The highest BCUT2D eigenvalue weighted by Gasteiger charge is 2.18. The first-order valence-corrected chi connectivity index (χ1v) is 8.77. The van der Waals surface area contributed by atoms with Gasteiger partial charge in [0.1, 0.15) is 17.2 Å². The van der Waals surface area contributed by atoms with Crippen LogP contribution in [0.5, 0.6) is 11.5 Å². The molecule has 1 aromatic heterocycles. The van der Waals surface area contributed by atoms with Crippen molar-refractivity contribution in [3.8, 4) is 39.7 Å². The van der Waals surface area contributed by atoms with Crippen LogP contribution in [0.15, 0.2) is 78.9 Å². The van der Waals surface area contributed by atoms with Crippen LogP contribution in [-0.4, -0.2) is 22.0 Å². The summed E-state index contributed by atoms with van der Waals surface area (Å²) in [6.45, 7) is 2.01. The topological polar surface area (TPSA) is 47.3 Å². The Balaban J connectivity index is 1.98. The summed E-state index contributed by atoms with van der Waals surface area (Å²) >= 11 is 0. The molecule has 0 radical (unpaired) electrons. The first-order valence-electron chi connectivity index (χ1n) is 8.77. The van der Waals surface area contributed by atoms with Gasteiger partial charge in [-0.05, 0) is 36.8 Å². The largest absolute Gasteiger partial charge is 0.507 e. The first-order chi connectivity index (χ1) is 13.2. The third-order valence-electron chi connectivity index (χ3n) is 4.58. The fourth-order valence-electron chi connectivity index (χ4n) is 3.27. The molecule has 134 valence electrons. The molecule has 0 bridgehead atoms. The van der Waals surface area contributed by atoms with Gasteiger partial charge in [0.05, 0.1) is 18.5 Å². The predicted molar refractivity (Wildman–Crippen MR) is 107 cm³/mol. The number of benzene rings is 3. The van der Waals surface area contributed by atoms with Crippen molar-refractivity contribution in [2.75, 3.05) is 7.11 Å². The van der Waals surface area contributed by atoms with Gasteiger partial charge in [-0.2, -0.15) is 5.10 Å². The highest BCUT2D eigenvalue weighted by molar-refractivity contribution is 5.74. The number of phenolic OH excluding ortho intramolecular Hbond substituents is 1. The lowest BCUT2D eigenvalue weighted by Crippen LogP contribution is -2.03. The Bertz CT molecular complexity index is 1080. The van der Waals surface area contributed by atoms with E-state index in [-0.39, 0.29) is 5.75 Å². The Kier molecular flexibility index (Phi) is 4.38. The number of aryl methyl sites for hydroxylation is 1. The van der Waals surface area contributed by atoms with Crippen LogP contribution in [-0.2, 0) is 0 Å². The number of ether oxygens (including phenoxy) is 1. The highest BCUT2D eigenvalue weighted by atomic mass is 16.5. The number of hydrogen-bond donors (Lipinski definition) is 1. The van der Waals surface area contributed by atoms with Crippen LogP contribution in [0, 0.1) is 6.92 Å². The minimum atomic E-state index is 0.206. The molecule has 0 amide bonds. The van der Waals surface area contributed by atoms with Gasteiger partial charge in [-0.1, -0.05) is 54.6 Å². The second-order valence-corrected chi connectivity index (χ2v) is 6.34. The molecule has 1 heterocycles. The third-order valence-corrected chi connectivity index (χ3v) is 4.58. The molecule has 1 N–H and O–H groups in total. The summed E-state index contributed by atoms with van der Waals surface area (Å²) in [7, 11) is 1.67. The van der Waals surface area contributed by atoms with E-state index in [2.05, 4.69) is 0 Å².